The first kappa shape index (κ1) is 18.9. The molecule has 1 unspecified atom stereocenters. The Labute approximate surface area is 168 Å². The average molecular weight is 395 g/mol. The number of fused-ring (bicyclic) bond motifs is 1. The van der Waals surface area contributed by atoms with Gasteiger partial charge in [0.1, 0.15) is 11.4 Å². The number of imide groups is 1. The third kappa shape index (κ3) is 2.98. The molecule has 0 spiro atoms. The average Bonchev–Trinajstić information content (AvgIpc) is 3.24. The first-order valence-electron chi connectivity index (χ1n) is 9.26. The number of urea groups is 1. The molecule has 3 amide bonds. The lowest BCUT2D eigenvalue weighted by Gasteiger charge is -2.31. The molecule has 9 heteroatoms. The number of carbonyl (C=O) groups is 2. The predicted octanol–water partition coefficient (Wildman–Crippen LogP) is 1.23. The minimum Gasteiger partial charge on any atom is -0.497 e. The number of hydrogen-bond donors (Lipinski definition) is 0. The van der Waals surface area contributed by atoms with E-state index in [-0.39, 0.29) is 5.91 Å². The molecule has 4 rings (SSSR count). The van der Waals surface area contributed by atoms with E-state index in [9.17, 15) is 9.59 Å². The van der Waals surface area contributed by atoms with Gasteiger partial charge < -0.3 is 4.74 Å². The molecule has 3 heterocycles. The van der Waals surface area contributed by atoms with Gasteiger partial charge in [0.15, 0.2) is 0 Å². The highest BCUT2D eigenvalue weighted by atomic mass is 16.5. The third-order valence-electron chi connectivity index (χ3n) is 5.22. The van der Waals surface area contributed by atoms with E-state index in [1.54, 1.807) is 18.8 Å². The predicted molar refractivity (Wildman–Crippen MR) is 106 cm³/mol. The van der Waals surface area contributed by atoms with Crippen LogP contribution in [0.1, 0.15) is 17.0 Å². The van der Waals surface area contributed by atoms with Crippen molar-refractivity contribution < 1.29 is 18.9 Å². The van der Waals surface area contributed by atoms with Crippen LogP contribution in [0.25, 0.3) is 0 Å². The summed E-state index contributed by atoms with van der Waals surface area (Å²) in [6.45, 7) is 4.27. The Kier molecular flexibility index (Phi) is 4.45. The van der Waals surface area contributed by atoms with E-state index in [1.165, 1.54) is 11.9 Å². The van der Waals surface area contributed by atoms with Crippen LogP contribution in [-0.4, -0.2) is 75.1 Å². The lowest BCUT2D eigenvalue weighted by molar-refractivity contribution is -0.553. The summed E-state index contributed by atoms with van der Waals surface area (Å²) in [5.41, 5.74) is 2.73. The first-order valence-corrected chi connectivity index (χ1v) is 9.26. The number of aromatic nitrogens is 2. The number of rotatable bonds is 3. The summed E-state index contributed by atoms with van der Waals surface area (Å²) in [5.74, 6) is 1.38. The zero-order valence-electron chi connectivity index (χ0n) is 17.1. The van der Waals surface area contributed by atoms with Crippen LogP contribution in [0.5, 0.6) is 5.75 Å². The van der Waals surface area contributed by atoms with Gasteiger partial charge in [-0.1, -0.05) is 17.1 Å². The molecule has 150 valence electrons. The number of amides is 3. The second kappa shape index (κ2) is 6.84. The molecule has 9 nitrogen and oxygen atoms in total. The molecule has 1 fully saturated rings. The Morgan fingerprint density at radius 2 is 1.79 bits per heavy atom. The van der Waals surface area contributed by atoms with E-state index < -0.39 is 12.1 Å². The number of benzene rings is 1. The van der Waals surface area contributed by atoms with Gasteiger partial charge in [0.05, 0.1) is 19.3 Å². The zero-order chi connectivity index (χ0) is 20.9. The SMILES string of the molecule is COc1ccc(C[N+]2=C(n3nc(C)cc3C)N=C3C2C(=O)N(C)C(=O)N3C)cc1. The maximum absolute atomic E-state index is 13.0. The molecule has 2 aliphatic heterocycles. The van der Waals surface area contributed by atoms with Crippen molar-refractivity contribution in [1.82, 2.24) is 19.6 Å². The fourth-order valence-corrected chi connectivity index (χ4v) is 3.68. The summed E-state index contributed by atoms with van der Waals surface area (Å²) < 4.78 is 8.84. The van der Waals surface area contributed by atoms with Crippen molar-refractivity contribution >= 4 is 23.7 Å². The summed E-state index contributed by atoms with van der Waals surface area (Å²) >= 11 is 0. The largest absolute Gasteiger partial charge is 0.497 e. The summed E-state index contributed by atoms with van der Waals surface area (Å²) in [6.07, 6.45) is 0. The van der Waals surface area contributed by atoms with E-state index >= 15 is 0 Å². The van der Waals surface area contributed by atoms with Gasteiger partial charge in [0, 0.05) is 14.1 Å². The van der Waals surface area contributed by atoms with Gasteiger partial charge in [0.2, 0.25) is 11.9 Å². The number of amidine groups is 1. The highest BCUT2D eigenvalue weighted by Gasteiger charge is 2.52. The van der Waals surface area contributed by atoms with Gasteiger partial charge >= 0.3 is 12.0 Å². The van der Waals surface area contributed by atoms with Crippen LogP contribution in [0, 0.1) is 13.8 Å². The molecule has 0 radical (unpaired) electrons. The number of methoxy groups -OCH3 is 1. The third-order valence-corrected chi connectivity index (χ3v) is 5.22. The Morgan fingerprint density at radius 1 is 1.10 bits per heavy atom. The van der Waals surface area contributed by atoms with E-state index in [0.29, 0.717) is 18.3 Å². The highest BCUT2D eigenvalue weighted by Crippen LogP contribution is 2.22. The smallest absolute Gasteiger partial charge is 0.421 e. The second-order valence-electron chi connectivity index (χ2n) is 7.23. The van der Waals surface area contributed by atoms with Gasteiger partial charge in [0.25, 0.3) is 5.91 Å². The van der Waals surface area contributed by atoms with Crippen LogP contribution in [0.2, 0.25) is 0 Å². The molecule has 0 saturated carbocycles. The second-order valence-corrected chi connectivity index (χ2v) is 7.23. The molecule has 0 aliphatic carbocycles. The molecule has 1 saturated heterocycles. The molecule has 29 heavy (non-hydrogen) atoms. The quantitative estimate of drug-likeness (QED) is 0.732. The van der Waals surface area contributed by atoms with Gasteiger partial charge in [-0.25, -0.2) is 9.37 Å². The van der Waals surface area contributed by atoms with Crippen molar-refractivity contribution in [3.05, 3.63) is 47.3 Å². The van der Waals surface area contributed by atoms with Crippen LogP contribution < -0.4 is 4.74 Å². The van der Waals surface area contributed by atoms with Crippen molar-refractivity contribution in [2.45, 2.75) is 26.4 Å². The summed E-state index contributed by atoms with van der Waals surface area (Å²) in [6, 6.07) is 8.50. The standard InChI is InChI=1S/C20H23N6O3/c1-12-10-13(2)26(22-12)19-21-17-16(18(27)24(4)20(28)23(17)3)25(19)11-14-6-8-15(29-5)9-7-14/h6-10,16H,11H2,1-5H3/q+1. The molecule has 0 bridgehead atoms. The van der Waals surface area contributed by atoms with Crippen molar-refractivity contribution in [2.24, 2.45) is 4.99 Å². The lowest BCUT2D eigenvalue weighted by atomic mass is 10.1. The number of hydrogen-bond acceptors (Lipinski definition) is 5. The maximum atomic E-state index is 13.0. The monoisotopic (exact) mass is 395 g/mol. The maximum Gasteiger partial charge on any atom is 0.421 e. The molecule has 1 aromatic carbocycles. The number of nitrogens with zero attached hydrogens (tertiary/aromatic N) is 6. The fourth-order valence-electron chi connectivity index (χ4n) is 3.68. The van der Waals surface area contributed by atoms with Crippen LogP contribution in [-0.2, 0) is 11.3 Å². The van der Waals surface area contributed by atoms with Gasteiger partial charge in [-0.3, -0.25) is 14.6 Å². The molecule has 2 aromatic rings. The molecule has 2 aliphatic rings. The summed E-state index contributed by atoms with van der Waals surface area (Å²) in [4.78, 5) is 32.7. The van der Waals surface area contributed by atoms with Crippen LogP contribution in [0.3, 0.4) is 0 Å². The van der Waals surface area contributed by atoms with Crippen molar-refractivity contribution in [3.8, 4) is 5.75 Å². The molecule has 1 atom stereocenters. The van der Waals surface area contributed by atoms with Crippen molar-refractivity contribution in [1.29, 1.82) is 0 Å². The topological polar surface area (TPSA) is 83.0 Å². The normalized spacial score (nSPS) is 19.1. The van der Waals surface area contributed by atoms with Gasteiger partial charge in [-0.15, -0.1) is 9.78 Å². The van der Waals surface area contributed by atoms with E-state index in [1.807, 2.05) is 48.8 Å². The Bertz CT molecular complexity index is 1070. The number of ether oxygens (including phenoxy) is 1. The van der Waals surface area contributed by atoms with E-state index in [4.69, 9.17) is 4.74 Å². The minimum absolute atomic E-state index is 0.308. The number of aliphatic imine (C=N–C) groups is 1. The minimum atomic E-state index is -0.691. The van der Waals surface area contributed by atoms with Crippen LogP contribution in [0.15, 0.2) is 35.3 Å². The lowest BCUT2D eigenvalue weighted by Crippen LogP contribution is -2.61. The Hall–Kier alpha value is -3.49. The molecular formula is C20H23N6O3+. The van der Waals surface area contributed by atoms with E-state index in [0.717, 1.165) is 27.6 Å². The van der Waals surface area contributed by atoms with Crippen molar-refractivity contribution in [3.63, 3.8) is 0 Å². The highest BCUT2D eigenvalue weighted by molar-refractivity contribution is 6.22. The number of carbonyl (C=O) groups excluding carboxylic acids is 2. The van der Waals surface area contributed by atoms with Crippen molar-refractivity contribution in [2.75, 3.05) is 21.2 Å². The molecular weight excluding hydrogens is 372 g/mol. The molecule has 0 N–H and O–H groups in total. The van der Waals surface area contributed by atoms with Crippen LogP contribution >= 0.6 is 0 Å². The van der Waals surface area contributed by atoms with E-state index in [2.05, 4.69) is 10.1 Å². The first-order chi connectivity index (χ1) is 13.8. The Morgan fingerprint density at radius 3 is 2.38 bits per heavy atom. The Balaban J connectivity index is 1.84. The van der Waals surface area contributed by atoms with Crippen LogP contribution in [0.4, 0.5) is 4.79 Å². The zero-order valence-corrected chi connectivity index (χ0v) is 17.1. The van der Waals surface area contributed by atoms with Gasteiger partial charge in [-0.05, 0) is 37.6 Å². The fraction of sp³-hybridized carbons (Fsp3) is 0.350. The number of aryl methyl sites for hydroxylation is 2. The summed E-state index contributed by atoms with van der Waals surface area (Å²) in [7, 11) is 4.74. The summed E-state index contributed by atoms with van der Waals surface area (Å²) in [5, 5.41) is 4.54. The number of likely N-dealkylation sites (N-methyl/N-ethyl adjacent to an activating group) is 2. The molecule has 1 aromatic heterocycles. The van der Waals surface area contributed by atoms with Gasteiger partial charge in [-0.2, -0.15) is 0 Å².